The van der Waals surface area contributed by atoms with Gasteiger partial charge in [0.2, 0.25) is 0 Å². The minimum atomic E-state index is 0.602. The molecule has 1 saturated heterocycles. The molecule has 1 aromatic rings. The summed E-state index contributed by atoms with van der Waals surface area (Å²) in [6.45, 7) is 7.36. The first-order valence-corrected chi connectivity index (χ1v) is 8.52. The summed E-state index contributed by atoms with van der Waals surface area (Å²) in [5, 5.41) is 0. The van der Waals surface area contributed by atoms with Crippen molar-refractivity contribution in [2.45, 2.75) is 0 Å². The molecule has 0 spiro atoms. The van der Waals surface area contributed by atoms with Crippen molar-refractivity contribution in [3.05, 3.63) is 35.9 Å². The largest absolute Gasteiger partial charge is 0.378 e. The van der Waals surface area contributed by atoms with E-state index < -0.39 is 0 Å². The Labute approximate surface area is 144 Å². The van der Waals surface area contributed by atoms with E-state index in [1.54, 1.807) is 0 Å². The van der Waals surface area contributed by atoms with E-state index in [2.05, 4.69) is 16.7 Å². The summed E-state index contributed by atoms with van der Waals surface area (Å²) < 4.78 is 22.1. The summed E-state index contributed by atoms with van der Waals surface area (Å²) >= 11 is 0. The first-order valence-electron chi connectivity index (χ1n) is 8.52. The van der Waals surface area contributed by atoms with Crippen molar-refractivity contribution in [2.75, 3.05) is 72.5 Å². The van der Waals surface area contributed by atoms with Crippen molar-refractivity contribution in [3.63, 3.8) is 0 Å². The highest BCUT2D eigenvalue weighted by atomic mass is 16.6. The topological polar surface area (TPSA) is 40.2 Å². The fourth-order valence-electron chi connectivity index (χ4n) is 2.19. The zero-order valence-corrected chi connectivity index (χ0v) is 14.2. The number of hydrogen-bond acceptors (Lipinski definition) is 5. The second-order valence-corrected chi connectivity index (χ2v) is 5.39. The van der Waals surface area contributed by atoms with E-state index in [4.69, 9.17) is 18.9 Å². The van der Waals surface area contributed by atoms with Crippen LogP contribution < -0.4 is 0 Å². The van der Waals surface area contributed by atoms with Crippen molar-refractivity contribution in [2.24, 2.45) is 0 Å². The second-order valence-electron chi connectivity index (χ2n) is 5.39. The van der Waals surface area contributed by atoms with Gasteiger partial charge in [-0.2, -0.15) is 0 Å². The van der Waals surface area contributed by atoms with Crippen LogP contribution in [-0.4, -0.2) is 77.4 Å². The molecule has 0 bridgehead atoms. The van der Waals surface area contributed by atoms with Gasteiger partial charge in [-0.25, -0.2) is 0 Å². The van der Waals surface area contributed by atoms with Crippen LogP contribution in [0.3, 0.4) is 0 Å². The molecular formula is C19H27NO4. The third-order valence-corrected chi connectivity index (χ3v) is 3.53. The average molecular weight is 333 g/mol. The van der Waals surface area contributed by atoms with Crippen molar-refractivity contribution < 1.29 is 18.9 Å². The molecule has 1 heterocycles. The summed E-state index contributed by atoms with van der Waals surface area (Å²) in [4.78, 5) is 2.25. The highest BCUT2D eigenvalue weighted by Crippen LogP contribution is 1.96. The number of rotatable bonds is 1. The quantitative estimate of drug-likeness (QED) is 0.727. The van der Waals surface area contributed by atoms with Gasteiger partial charge in [-0.1, -0.05) is 30.0 Å². The Hall–Kier alpha value is -1.42. The fourth-order valence-corrected chi connectivity index (χ4v) is 2.19. The van der Waals surface area contributed by atoms with Crippen molar-refractivity contribution in [3.8, 4) is 11.8 Å². The fraction of sp³-hybridized carbons (Fsp3) is 0.579. The molecule has 0 radical (unpaired) electrons. The van der Waals surface area contributed by atoms with Gasteiger partial charge in [0.1, 0.15) is 0 Å². The molecule has 1 fully saturated rings. The zero-order valence-electron chi connectivity index (χ0n) is 14.2. The van der Waals surface area contributed by atoms with Crippen LogP contribution in [0, 0.1) is 11.8 Å². The Bertz CT molecular complexity index is 467. The molecule has 2 rings (SSSR count). The summed E-state index contributed by atoms with van der Waals surface area (Å²) in [6, 6.07) is 10.0. The molecule has 0 aromatic heterocycles. The highest BCUT2D eigenvalue weighted by molar-refractivity contribution is 5.33. The Morgan fingerprint density at radius 2 is 1.21 bits per heavy atom. The molecule has 1 aromatic carbocycles. The van der Waals surface area contributed by atoms with Crippen LogP contribution in [0.4, 0.5) is 0 Å². The number of benzene rings is 1. The molecule has 0 atom stereocenters. The van der Waals surface area contributed by atoms with E-state index in [0.717, 1.165) is 18.7 Å². The van der Waals surface area contributed by atoms with Crippen LogP contribution in [-0.2, 0) is 18.9 Å². The number of hydrogen-bond donors (Lipinski definition) is 0. The normalized spacial score (nSPS) is 19.5. The lowest BCUT2D eigenvalue weighted by Crippen LogP contribution is -2.32. The van der Waals surface area contributed by atoms with Gasteiger partial charge in [0, 0.05) is 18.7 Å². The maximum atomic E-state index is 5.61. The summed E-state index contributed by atoms with van der Waals surface area (Å²) in [6.07, 6.45) is 0. The Balaban J connectivity index is 1.77. The van der Waals surface area contributed by atoms with E-state index in [-0.39, 0.29) is 0 Å². The Morgan fingerprint density at radius 1 is 0.708 bits per heavy atom. The molecule has 0 unspecified atom stereocenters. The van der Waals surface area contributed by atoms with Crippen LogP contribution in [0.2, 0.25) is 0 Å². The predicted octanol–water partition coefficient (Wildman–Crippen LogP) is 1.42. The van der Waals surface area contributed by atoms with Gasteiger partial charge in [-0.05, 0) is 12.1 Å². The first-order chi connectivity index (χ1) is 11.9. The third-order valence-electron chi connectivity index (χ3n) is 3.53. The lowest BCUT2D eigenvalue weighted by Gasteiger charge is -2.19. The minimum Gasteiger partial charge on any atom is -0.378 e. The monoisotopic (exact) mass is 333 g/mol. The molecule has 132 valence electrons. The third kappa shape index (κ3) is 9.02. The smallest absolute Gasteiger partial charge is 0.0701 e. The van der Waals surface area contributed by atoms with Crippen molar-refractivity contribution in [1.82, 2.24) is 4.90 Å². The molecule has 1 aliphatic rings. The lowest BCUT2D eigenvalue weighted by atomic mass is 10.2. The molecule has 0 saturated carbocycles. The van der Waals surface area contributed by atoms with Gasteiger partial charge in [0.25, 0.3) is 0 Å². The van der Waals surface area contributed by atoms with Gasteiger partial charge in [0.05, 0.1) is 59.4 Å². The number of ether oxygens (including phenoxy) is 4. The maximum Gasteiger partial charge on any atom is 0.0701 e. The van der Waals surface area contributed by atoms with Gasteiger partial charge < -0.3 is 18.9 Å². The van der Waals surface area contributed by atoms with E-state index in [9.17, 15) is 0 Å². The molecule has 24 heavy (non-hydrogen) atoms. The first kappa shape index (κ1) is 18.9. The Kier molecular flexibility index (Phi) is 10.2. The van der Waals surface area contributed by atoms with E-state index >= 15 is 0 Å². The summed E-state index contributed by atoms with van der Waals surface area (Å²) in [5.74, 6) is 6.42. The highest BCUT2D eigenvalue weighted by Gasteiger charge is 2.04. The molecule has 0 aliphatic carbocycles. The second kappa shape index (κ2) is 12.9. The van der Waals surface area contributed by atoms with Gasteiger partial charge >= 0.3 is 0 Å². The molecule has 0 amide bonds. The van der Waals surface area contributed by atoms with Crippen LogP contribution in [0.25, 0.3) is 0 Å². The van der Waals surface area contributed by atoms with E-state index in [0.29, 0.717) is 59.4 Å². The SMILES string of the molecule is C(#Cc1ccccc1)CN1CCOCCOCCOCCOCC1. The molecular weight excluding hydrogens is 306 g/mol. The molecule has 5 nitrogen and oxygen atoms in total. The van der Waals surface area contributed by atoms with Crippen LogP contribution in [0.1, 0.15) is 5.56 Å². The van der Waals surface area contributed by atoms with Crippen LogP contribution in [0.5, 0.6) is 0 Å². The molecule has 5 heteroatoms. The van der Waals surface area contributed by atoms with Gasteiger partial charge in [-0.15, -0.1) is 0 Å². The van der Waals surface area contributed by atoms with Crippen LogP contribution in [0.15, 0.2) is 30.3 Å². The molecule has 1 aliphatic heterocycles. The van der Waals surface area contributed by atoms with Crippen LogP contribution >= 0.6 is 0 Å². The van der Waals surface area contributed by atoms with Crippen molar-refractivity contribution >= 4 is 0 Å². The van der Waals surface area contributed by atoms with Gasteiger partial charge in [0.15, 0.2) is 0 Å². The lowest BCUT2D eigenvalue weighted by molar-refractivity contribution is 0.00206. The zero-order chi connectivity index (χ0) is 16.7. The predicted molar refractivity (Wildman–Crippen MR) is 93.0 cm³/mol. The van der Waals surface area contributed by atoms with E-state index in [1.807, 2.05) is 30.3 Å². The van der Waals surface area contributed by atoms with E-state index in [1.165, 1.54) is 0 Å². The molecule has 0 N–H and O–H groups in total. The Morgan fingerprint density at radius 3 is 1.75 bits per heavy atom. The summed E-state index contributed by atoms with van der Waals surface area (Å²) in [5.41, 5.74) is 1.04. The maximum absolute atomic E-state index is 5.61. The standard InChI is InChI=1S/C19H27NO4/c1-2-5-19(6-3-1)7-4-8-20-9-11-21-13-15-23-17-18-24-16-14-22-12-10-20/h1-3,5-6H,8-18H2. The van der Waals surface area contributed by atoms with Gasteiger partial charge in [-0.3, -0.25) is 4.90 Å². The summed E-state index contributed by atoms with van der Waals surface area (Å²) in [7, 11) is 0. The average Bonchev–Trinajstić information content (AvgIpc) is 2.62. The van der Waals surface area contributed by atoms with Crippen molar-refractivity contribution in [1.29, 1.82) is 0 Å². The minimum absolute atomic E-state index is 0.602. The number of nitrogens with zero attached hydrogens (tertiary/aromatic N) is 1.